The van der Waals surface area contributed by atoms with Crippen LogP contribution < -0.4 is 5.32 Å². The maximum Gasteiger partial charge on any atom is 0.143 e. The van der Waals surface area contributed by atoms with Crippen LogP contribution in [0.15, 0.2) is 0 Å². The standard InChI is InChI=1S/C16H27NO/c1-2-6-16(7-3-8-17-11-16)15(18)14-10-12-4-5-13(14)9-12/h12-14,17H,2-11H2,1H3. The molecule has 4 unspecified atom stereocenters. The van der Waals surface area contributed by atoms with Crippen LogP contribution >= 0.6 is 0 Å². The summed E-state index contributed by atoms with van der Waals surface area (Å²) in [5.41, 5.74) is 0.00213. The van der Waals surface area contributed by atoms with Crippen LogP contribution in [0.25, 0.3) is 0 Å². The van der Waals surface area contributed by atoms with E-state index >= 15 is 0 Å². The van der Waals surface area contributed by atoms with Crippen molar-refractivity contribution in [1.29, 1.82) is 0 Å². The molecule has 1 saturated heterocycles. The molecule has 2 bridgehead atoms. The van der Waals surface area contributed by atoms with Gasteiger partial charge in [0, 0.05) is 17.9 Å². The van der Waals surface area contributed by atoms with Crippen molar-refractivity contribution < 1.29 is 4.79 Å². The molecule has 0 aromatic carbocycles. The number of carbonyl (C=O) groups excluding carboxylic acids is 1. The minimum Gasteiger partial charge on any atom is -0.316 e. The zero-order valence-electron chi connectivity index (χ0n) is 11.7. The zero-order valence-corrected chi connectivity index (χ0v) is 11.7. The Balaban J connectivity index is 1.75. The summed E-state index contributed by atoms with van der Waals surface area (Å²) in [6.45, 7) is 4.29. The van der Waals surface area contributed by atoms with E-state index in [-0.39, 0.29) is 5.41 Å². The molecule has 2 heteroatoms. The van der Waals surface area contributed by atoms with Crippen LogP contribution in [0.1, 0.15) is 58.3 Å². The second-order valence-electron chi connectivity index (χ2n) is 6.96. The van der Waals surface area contributed by atoms with Crippen LogP contribution in [0.2, 0.25) is 0 Å². The minimum absolute atomic E-state index is 0.00213. The molecule has 3 rings (SSSR count). The van der Waals surface area contributed by atoms with E-state index in [0.29, 0.717) is 11.7 Å². The Kier molecular flexibility index (Phi) is 3.48. The molecular weight excluding hydrogens is 222 g/mol. The number of carbonyl (C=O) groups is 1. The van der Waals surface area contributed by atoms with Crippen LogP contribution in [0.5, 0.6) is 0 Å². The van der Waals surface area contributed by atoms with Gasteiger partial charge in [0.1, 0.15) is 5.78 Å². The van der Waals surface area contributed by atoms with E-state index in [0.717, 1.165) is 44.2 Å². The highest BCUT2D eigenvalue weighted by molar-refractivity contribution is 5.88. The van der Waals surface area contributed by atoms with Gasteiger partial charge in [-0.1, -0.05) is 19.8 Å². The van der Waals surface area contributed by atoms with Crippen molar-refractivity contribution >= 4 is 5.78 Å². The fourth-order valence-corrected chi connectivity index (χ4v) is 4.95. The predicted octanol–water partition coefficient (Wildman–Crippen LogP) is 3.16. The summed E-state index contributed by atoms with van der Waals surface area (Å²) in [5.74, 6) is 2.70. The van der Waals surface area contributed by atoms with Gasteiger partial charge in [-0.2, -0.15) is 0 Å². The van der Waals surface area contributed by atoms with Gasteiger partial charge < -0.3 is 5.32 Å². The topological polar surface area (TPSA) is 29.1 Å². The van der Waals surface area contributed by atoms with Crippen LogP contribution in [-0.2, 0) is 4.79 Å². The number of rotatable bonds is 4. The van der Waals surface area contributed by atoms with Crippen molar-refractivity contribution in [2.75, 3.05) is 13.1 Å². The van der Waals surface area contributed by atoms with Crippen molar-refractivity contribution in [3.05, 3.63) is 0 Å². The van der Waals surface area contributed by atoms with Crippen molar-refractivity contribution in [1.82, 2.24) is 5.32 Å². The van der Waals surface area contributed by atoms with E-state index in [1.165, 1.54) is 32.1 Å². The summed E-state index contributed by atoms with van der Waals surface area (Å²) in [4.78, 5) is 13.1. The molecule has 3 fully saturated rings. The Morgan fingerprint density at radius 1 is 1.33 bits per heavy atom. The molecule has 0 amide bonds. The third-order valence-corrected chi connectivity index (χ3v) is 5.80. The van der Waals surface area contributed by atoms with Crippen LogP contribution in [-0.4, -0.2) is 18.9 Å². The third kappa shape index (κ3) is 2.03. The molecule has 2 aliphatic carbocycles. The summed E-state index contributed by atoms with van der Waals surface area (Å²) < 4.78 is 0. The third-order valence-electron chi connectivity index (χ3n) is 5.80. The molecule has 0 radical (unpaired) electrons. The Morgan fingerprint density at radius 3 is 2.78 bits per heavy atom. The number of hydrogen-bond acceptors (Lipinski definition) is 2. The first kappa shape index (κ1) is 12.7. The van der Waals surface area contributed by atoms with Gasteiger partial charge in [-0.3, -0.25) is 4.79 Å². The molecule has 4 atom stereocenters. The van der Waals surface area contributed by atoms with Gasteiger partial charge >= 0.3 is 0 Å². The molecule has 0 spiro atoms. The molecule has 1 N–H and O–H groups in total. The fourth-order valence-electron chi connectivity index (χ4n) is 4.95. The molecule has 2 saturated carbocycles. The first-order chi connectivity index (χ1) is 8.75. The number of nitrogens with one attached hydrogen (secondary N) is 1. The predicted molar refractivity (Wildman–Crippen MR) is 73.4 cm³/mol. The Labute approximate surface area is 111 Å². The Morgan fingerprint density at radius 2 is 2.22 bits per heavy atom. The van der Waals surface area contributed by atoms with E-state index in [2.05, 4.69) is 12.2 Å². The van der Waals surface area contributed by atoms with E-state index in [9.17, 15) is 4.79 Å². The lowest BCUT2D eigenvalue weighted by Crippen LogP contribution is -2.48. The molecular formula is C16H27NO. The van der Waals surface area contributed by atoms with Gasteiger partial charge in [0.05, 0.1) is 0 Å². The van der Waals surface area contributed by atoms with Gasteiger partial charge in [0.15, 0.2) is 0 Å². The highest BCUT2D eigenvalue weighted by Crippen LogP contribution is 2.51. The highest BCUT2D eigenvalue weighted by Gasteiger charge is 2.49. The lowest BCUT2D eigenvalue weighted by atomic mass is 9.67. The number of Topliss-reactive ketones (excluding diaryl/α,β-unsaturated/α-hetero) is 1. The van der Waals surface area contributed by atoms with Crippen LogP contribution in [0.4, 0.5) is 0 Å². The maximum atomic E-state index is 13.1. The fraction of sp³-hybridized carbons (Fsp3) is 0.938. The molecule has 0 aromatic rings. The Bertz CT molecular complexity index is 314. The van der Waals surface area contributed by atoms with Crippen molar-refractivity contribution in [2.24, 2.45) is 23.2 Å². The summed E-state index contributed by atoms with van der Waals surface area (Å²) in [5, 5.41) is 3.49. The van der Waals surface area contributed by atoms with Crippen LogP contribution in [0, 0.1) is 23.2 Å². The van der Waals surface area contributed by atoms with Gasteiger partial charge in [-0.15, -0.1) is 0 Å². The van der Waals surface area contributed by atoms with Gasteiger partial charge in [0.25, 0.3) is 0 Å². The van der Waals surface area contributed by atoms with E-state index < -0.39 is 0 Å². The number of hydrogen-bond donors (Lipinski definition) is 1. The summed E-state index contributed by atoms with van der Waals surface area (Å²) in [6.07, 6.45) is 9.87. The minimum atomic E-state index is 0.00213. The second kappa shape index (κ2) is 4.96. The monoisotopic (exact) mass is 249 g/mol. The molecule has 102 valence electrons. The average molecular weight is 249 g/mol. The summed E-state index contributed by atoms with van der Waals surface area (Å²) in [7, 11) is 0. The lowest BCUT2D eigenvalue weighted by Gasteiger charge is -2.39. The number of piperidine rings is 1. The van der Waals surface area contributed by atoms with Crippen molar-refractivity contribution in [2.45, 2.75) is 58.3 Å². The van der Waals surface area contributed by atoms with Crippen molar-refractivity contribution in [3.63, 3.8) is 0 Å². The number of ketones is 1. The van der Waals surface area contributed by atoms with E-state index in [1.807, 2.05) is 0 Å². The normalized spacial score (nSPS) is 43.3. The van der Waals surface area contributed by atoms with Crippen molar-refractivity contribution in [3.8, 4) is 0 Å². The van der Waals surface area contributed by atoms with E-state index in [4.69, 9.17) is 0 Å². The zero-order chi connectivity index (χ0) is 12.6. The largest absolute Gasteiger partial charge is 0.316 e. The van der Waals surface area contributed by atoms with Crippen LogP contribution in [0.3, 0.4) is 0 Å². The first-order valence-electron chi connectivity index (χ1n) is 8.00. The molecule has 0 aromatic heterocycles. The summed E-state index contributed by atoms with van der Waals surface area (Å²) in [6, 6.07) is 0. The quantitative estimate of drug-likeness (QED) is 0.829. The average Bonchev–Trinajstić information content (AvgIpc) is 3.01. The van der Waals surface area contributed by atoms with Gasteiger partial charge in [-0.05, 0) is 56.9 Å². The smallest absolute Gasteiger partial charge is 0.143 e. The first-order valence-corrected chi connectivity index (χ1v) is 8.00. The van der Waals surface area contributed by atoms with E-state index in [1.54, 1.807) is 0 Å². The van der Waals surface area contributed by atoms with Gasteiger partial charge in [0.2, 0.25) is 0 Å². The SMILES string of the molecule is CCCC1(C(=O)C2CC3CCC2C3)CCCNC1. The highest BCUT2D eigenvalue weighted by atomic mass is 16.1. The Hall–Kier alpha value is -0.370. The molecule has 1 aliphatic heterocycles. The number of fused-ring (bicyclic) bond motifs is 2. The van der Waals surface area contributed by atoms with Gasteiger partial charge in [-0.25, -0.2) is 0 Å². The summed E-state index contributed by atoms with van der Waals surface area (Å²) >= 11 is 0. The molecule has 2 nitrogen and oxygen atoms in total. The molecule has 18 heavy (non-hydrogen) atoms. The molecule has 1 heterocycles. The molecule has 3 aliphatic rings. The lowest BCUT2D eigenvalue weighted by molar-refractivity contribution is -0.136. The maximum absolute atomic E-state index is 13.1. The second-order valence-corrected chi connectivity index (χ2v) is 6.96.